The normalized spacial score (nSPS) is 12.6. The zero-order valence-corrected chi connectivity index (χ0v) is 13.8. The van der Waals surface area contributed by atoms with Crippen molar-refractivity contribution in [1.82, 2.24) is 5.43 Å². The van der Waals surface area contributed by atoms with Gasteiger partial charge in [0.15, 0.2) is 0 Å². The van der Waals surface area contributed by atoms with Gasteiger partial charge in [0.2, 0.25) is 0 Å². The third-order valence-electron chi connectivity index (χ3n) is 3.74. The van der Waals surface area contributed by atoms with Crippen molar-refractivity contribution in [2.45, 2.75) is 70.8 Å². The number of ether oxygens (including phenoxy) is 1. The molecule has 0 aromatic carbocycles. The first-order valence-electron chi connectivity index (χ1n) is 7.91. The highest BCUT2D eigenvalue weighted by molar-refractivity contribution is 7.10. The van der Waals surface area contributed by atoms with Gasteiger partial charge in [-0.3, -0.25) is 11.3 Å². The molecule has 0 radical (unpaired) electrons. The van der Waals surface area contributed by atoms with E-state index >= 15 is 0 Å². The molecule has 1 rings (SSSR count). The van der Waals surface area contributed by atoms with Crippen LogP contribution in [-0.4, -0.2) is 7.11 Å². The summed E-state index contributed by atoms with van der Waals surface area (Å²) in [6.45, 7) is 2.26. The lowest BCUT2D eigenvalue weighted by atomic mass is 10.0. The van der Waals surface area contributed by atoms with Gasteiger partial charge in [0.05, 0.1) is 18.0 Å². The molecule has 0 aliphatic heterocycles. The smallest absolute Gasteiger partial charge is 0.134 e. The molecule has 3 N–H and O–H groups in total. The topological polar surface area (TPSA) is 47.3 Å². The van der Waals surface area contributed by atoms with E-state index < -0.39 is 0 Å². The summed E-state index contributed by atoms with van der Waals surface area (Å²) in [6, 6.07) is 2.24. The van der Waals surface area contributed by atoms with Crippen molar-refractivity contribution in [3.05, 3.63) is 16.3 Å². The molecule has 0 saturated heterocycles. The zero-order valence-electron chi connectivity index (χ0n) is 13.0. The second kappa shape index (κ2) is 11.1. The SMILES string of the molecule is CCCCCCCCCCC(NN)c1sccc1OC. The number of hydrazine groups is 1. The lowest BCUT2D eigenvalue weighted by molar-refractivity contribution is 0.397. The van der Waals surface area contributed by atoms with Gasteiger partial charge in [0.1, 0.15) is 5.75 Å². The molecule has 0 amide bonds. The number of thiophene rings is 1. The van der Waals surface area contributed by atoms with Gasteiger partial charge in [-0.05, 0) is 17.9 Å². The number of methoxy groups -OCH3 is 1. The van der Waals surface area contributed by atoms with Crippen LogP contribution in [-0.2, 0) is 0 Å². The molecule has 3 nitrogen and oxygen atoms in total. The fraction of sp³-hybridized carbons (Fsp3) is 0.750. The Kier molecular flexibility index (Phi) is 9.71. The molecule has 0 fully saturated rings. The van der Waals surface area contributed by atoms with Crippen LogP contribution in [0.1, 0.15) is 75.6 Å². The molecule has 0 bridgehead atoms. The van der Waals surface area contributed by atoms with Crippen molar-refractivity contribution < 1.29 is 4.74 Å². The Morgan fingerprint density at radius 3 is 2.40 bits per heavy atom. The largest absolute Gasteiger partial charge is 0.496 e. The van der Waals surface area contributed by atoms with E-state index in [-0.39, 0.29) is 6.04 Å². The number of unbranched alkanes of at least 4 members (excludes halogenated alkanes) is 7. The summed E-state index contributed by atoms with van der Waals surface area (Å²) in [5, 5.41) is 2.06. The summed E-state index contributed by atoms with van der Waals surface area (Å²) >= 11 is 1.72. The number of rotatable bonds is 12. The standard InChI is InChI=1S/C16H30N2OS/c1-3-4-5-6-7-8-9-10-11-14(18-17)16-15(19-2)12-13-20-16/h12-14,18H,3-11,17H2,1-2H3. The van der Waals surface area contributed by atoms with Crippen LogP contribution in [0.3, 0.4) is 0 Å². The second-order valence-corrected chi connectivity index (χ2v) is 6.28. The highest BCUT2D eigenvalue weighted by Crippen LogP contribution is 2.33. The van der Waals surface area contributed by atoms with E-state index in [1.807, 2.05) is 6.07 Å². The van der Waals surface area contributed by atoms with Crippen molar-refractivity contribution in [3.63, 3.8) is 0 Å². The first-order valence-corrected chi connectivity index (χ1v) is 8.79. The van der Waals surface area contributed by atoms with Gasteiger partial charge in [0, 0.05) is 0 Å². The number of hydrogen-bond acceptors (Lipinski definition) is 4. The van der Waals surface area contributed by atoms with Gasteiger partial charge in [0.25, 0.3) is 0 Å². The Labute approximate surface area is 127 Å². The Morgan fingerprint density at radius 1 is 1.15 bits per heavy atom. The number of hydrogen-bond donors (Lipinski definition) is 2. The van der Waals surface area contributed by atoms with Crippen molar-refractivity contribution in [3.8, 4) is 5.75 Å². The van der Waals surface area contributed by atoms with E-state index in [4.69, 9.17) is 10.6 Å². The molecule has 20 heavy (non-hydrogen) atoms. The predicted octanol–water partition coefficient (Wildman–Crippen LogP) is 4.79. The number of nitrogens with one attached hydrogen (secondary N) is 1. The zero-order chi connectivity index (χ0) is 14.6. The molecular weight excluding hydrogens is 268 g/mol. The molecule has 1 unspecified atom stereocenters. The quantitative estimate of drug-likeness (QED) is 0.331. The molecule has 4 heteroatoms. The molecule has 1 atom stereocenters. The van der Waals surface area contributed by atoms with Gasteiger partial charge >= 0.3 is 0 Å². The Bertz CT molecular complexity index is 341. The minimum absolute atomic E-state index is 0.227. The van der Waals surface area contributed by atoms with Crippen LogP contribution in [0, 0.1) is 0 Å². The minimum atomic E-state index is 0.227. The Hall–Kier alpha value is -0.580. The molecule has 0 aliphatic carbocycles. The minimum Gasteiger partial charge on any atom is -0.496 e. The summed E-state index contributed by atoms with van der Waals surface area (Å²) in [7, 11) is 1.72. The predicted molar refractivity (Wildman–Crippen MR) is 88.2 cm³/mol. The highest BCUT2D eigenvalue weighted by Gasteiger charge is 2.15. The van der Waals surface area contributed by atoms with E-state index in [9.17, 15) is 0 Å². The van der Waals surface area contributed by atoms with Crippen molar-refractivity contribution in [1.29, 1.82) is 0 Å². The maximum absolute atomic E-state index is 5.68. The van der Waals surface area contributed by atoms with Gasteiger partial charge in [-0.2, -0.15) is 0 Å². The first-order chi connectivity index (χ1) is 9.83. The highest BCUT2D eigenvalue weighted by atomic mass is 32.1. The van der Waals surface area contributed by atoms with Gasteiger partial charge in [-0.1, -0.05) is 58.3 Å². The molecule has 116 valence electrons. The van der Waals surface area contributed by atoms with Crippen LogP contribution < -0.4 is 16.0 Å². The van der Waals surface area contributed by atoms with Crippen LogP contribution in [0.2, 0.25) is 0 Å². The van der Waals surface area contributed by atoms with Crippen LogP contribution >= 0.6 is 11.3 Å². The van der Waals surface area contributed by atoms with Crippen LogP contribution in [0.15, 0.2) is 11.4 Å². The summed E-state index contributed by atoms with van der Waals surface area (Å²) in [5.41, 5.74) is 2.93. The van der Waals surface area contributed by atoms with Gasteiger partial charge in [-0.25, -0.2) is 0 Å². The molecule has 1 heterocycles. The summed E-state index contributed by atoms with van der Waals surface area (Å²) < 4.78 is 5.37. The van der Waals surface area contributed by atoms with Gasteiger partial charge in [-0.15, -0.1) is 11.3 Å². The monoisotopic (exact) mass is 298 g/mol. The third-order valence-corrected chi connectivity index (χ3v) is 4.75. The van der Waals surface area contributed by atoms with E-state index in [1.54, 1.807) is 18.4 Å². The third kappa shape index (κ3) is 6.25. The van der Waals surface area contributed by atoms with Crippen molar-refractivity contribution in [2.75, 3.05) is 7.11 Å². The van der Waals surface area contributed by atoms with E-state index in [2.05, 4.69) is 17.7 Å². The first kappa shape index (κ1) is 17.5. The van der Waals surface area contributed by atoms with E-state index in [0.29, 0.717) is 0 Å². The van der Waals surface area contributed by atoms with Crippen LogP contribution in [0.25, 0.3) is 0 Å². The van der Waals surface area contributed by atoms with Crippen LogP contribution in [0.4, 0.5) is 0 Å². The fourth-order valence-electron chi connectivity index (χ4n) is 2.50. The lowest BCUT2D eigenvalue weighted by Crippen LogP contribution is -2.27. The Balaban J connectivity index is 2.16. The summed E-state index contributed by atoms with van der Waals surface area (Å²) in [5.74, 6) is 6.64. The average Bonchev–Trinajstić information content (AvgIpc) is 2.94. The lowest BCUT2D eigenvalue weighted by Gasteiger charge is -2.15. The molecule has 1 aromatic heterocycles. The second-order valence-electron chi connectivity index (χ2n) is 5.34. The van der Waals surface area contributed by atoms with Gasteiger partial charge < -0.3 is 4.74 Å². The number of nitrogens with two attached hydrogens (primary N) is 1. The molecule has 0 aliphatic rings. The van der Waals surface area contributed by atoms with Crippen LogP contribution in [0.5, 0.6) is 5.75 Å². The van der Waals surface area contributed by atoms with Crippen molar-refractivity contribution in [2.24, 2.45) is 5.84 Å². The Morgan fingerprint density at radius 2 is 1.80 bits per heavy atom. The molecule has 0 saturated carbocycles. The molecule has 0 spiro atoms. The van der Waals surface area contributed by atoms with Crippen molar-refractivity contribution >= 4 is 11.3 Å². The van der Waals surface area contributed by atoms with E-state index in [0.717, 1.165) is 12.2 Å². The van der Waals surface area contributed by atoms with E-state index in [1.165, 1.54) is 56.2 Å². The maximum atomic E-state index is 5.68. The average molecular weight is 298 g/mol. The molecule has 1 aromatic rings. The molecular formula is C16H30N2OS. The summed E-state index contributed by atoms with van der Waals surface area (Å²) in [4.78, 5) is 1.22. The fourth-order valence-corrected chi connectivity index (χ4v) is 3.46. The maximum Gasteiger partial charge on any atom is 0.134 e. The summed E-state index contributed by atoms with van der Waals surface area (Å²) in [6.07, 6.45) is 11.8.